The lowest BCUT2D eigenvalue weighted by Gasteiger charge is -2.15. The number of aromatic nitrogens is 6. The second-order valence-corrected chi connectivity index (χ2v) is 10.0. The number of halogens is 3. The smallest absolute Gasteiger partial charge is 0.295 e. The number of nitrogens with zero attached hydrogens (tertiary/aromatic N) is 7. The number of rotatable bonds is 8. The lowest BCUT2D eigenvalue weighted by atomic mass is 10.1. The lowest BCUT2D eigenvalue weighted by Crippen LogP contribution is -2.02. The number of alkyl halides is 2. The highest BCUT2D eigenvalue weighted by atomic mass is 127. The summed E-state index contributed by atoms with van der Waals surface area (Å²) >= 11 is 2.02. The van der Waals surface area contributed by atoms with Gasteiger partial charge in [-0.05, 0) is 52.4 Å². The van der Waals surface area contributed by atoms with Crippen molar-refractivity contribution in [3.63, 3.8) is 0 Å². The molecule has 0 aliphatic heterocycles. The third kappa shape index (κ3) is 4.97. The van der Waals surface area contributed by atoms with E-state index in [2.05, 4.69) is 30.7 Å². The van der Waals surface area contributed by atoms with Gasteiger partial charge in [0, 0.05) is 24.9 Å². The number of anilines is 4. The first-order chi connectivity index (χ1) is 18.4. The van der Waals surface area contributed by atoms with Crippen LogP contribution in [0.4, 0.5) is 31.8 Å². The number of para-hydroxylation sites is 1. The number of imidazole rings is 1. The van der Waals surface area contributed by atoms with Gasteiger partial charge in [-0.15, -0.1) is 0 Å². The van der Waals surface area contributed by atoms with Gasteiger partial charge >= 0.3 is 0 Å². The Labute approximate surface area is 230 Å². The number of nitrogens with one attached hydrogen (secondary N) is 2. The Bertz CT molecular complexity index is 1680. The zero-order valence-electron chi connectivity index (χ0n) is 19.9. The number of aryl methyl sites for hydroxylation is 1. The second kappa shape index (κ2) is 10.8. The average Bonchev–Trinajstić information content (AvgIpc) is 3.52. The van der Waals surface area contributed by atoms with E-state index in [1.54, 1.807) is 36.1 Å². The molecule has 0 saturated heterocycles. The van der Waals surface area contributed by atoms with Gasteiger partial charge in [-0.1, -0.05) is 12.1 Å². The van der Waals surface area contributed by atoms with E-state index >= 15 is 0 Å². The van der Waals surface area contributed by atoms with Crippen LogP contribution in [-0.2, 0) is 7.05 Å². The van der Waals surface area contributed by atoms with Gasteiger partial charge in [-0.25, -0.2) is 23.7 Å². The molecule has 0 aliphatic rings. The zero-order chi connectivity index (χ0) is 26.8. The molecule has 5 aromatic rings. The largest absolute Gasteiger partial charge is 0.494 e. The summed E-state index contributed by atoms with van der Waals surface area (Å²) in [5.41, 5.74) is 3.27. The van der Waals surface area contributed by atoms with Gasteiger partial charge in [0.15, 0.2) is 17.2 Å². The quantitative estimate of drug-likeness (QED) is 0.149. The molecule has 10 nitrogen and oxygen atoms in total. The number of hydrogen-bond donors (Lipinski definition) is 2. The van der Waals surface area contributed by atoms with Crippen molar-refractivity contribution in [1.29, 1.82) is 5.26 Å². The minimum absolute atomic E-state index is 0.0622. The molecule has 1 atom stereocenters. The summed E-state index contributed by atoms with van der Waals surface area (Å²) in [6.07, 6.45) is -1.02. The number of methoxy groups -OCH3 is 1. The summed E-state index contributed by atoms with van der Waals surface area (Å²) in [5, 5.41) is 20.0. The summed E-state index contributed by atoms with van der Waals surface area (Å²) in [5.74, 6) is 0.866. The summed E-state index contributed by atoms with van der Waals surface area (Å²) in [7, 11) is 3.38. The number of pyridine rings is 2. The first-order valence-corrected chi connectivity index (χ1v) is 15.1. The Morgan fingerprint density at radius 2 is 1.87 bits per heavy atom. The molecule has 4 heterocycles. The molecule has 2 N–H and O–H groups in total. The summed E-state index contributed by atoms with van der Waals surface area (Å²) in [6.45, 7) is 0. The van der Waals surface area contributed by atoms with Crippen LogP contribution in [0.25, 0.3) is 22.4 Å². The molecule has 1 unspecified atom stereocenters. The maximum absolute atomic E-state index is 13.9. The molecule has 0 aliphatic carbocycles. The van der Waals surface area contributed by atoms with E-state index in [0.29, 0.717) is 34.5 Å². The predicted octanol–water partition coefficient (Wildman–Crippen LogP) is 6.32. The topological polar surface area (TPSA) is 119 Å². The third-order valence-corrected chi connectivity index (χ3v) is 7.58. The van der Waals surface area contributed by atoms with E-state index in [9.17, 15) is 14.0 Å². The van der Waals surface area contributed by atoms with E-state index in [-0.39, 0.29) is 29.1 Å². The van der Waals surface area contributed by atoms with Crippen LogP contribution in [0.2, 0.25) is 0 Å². The van der Waals surface area contributed by atoms with Gasteiger partial charge in [-0.3, -0.25) is 9.02 Å². The Balaban J connectivity index is 1.65. The molecule has 38 heavy (non-hydrogen) atoms. The van der Waals surface area contributed by atoms with Crippen LogP contribution >= 0.6 is 28.4 Å². The molecule has 0 radical (unpaired) electrons. The Morgan fingerprint density at radius 1 is 1.05 bits per heavy atom. The monoisotopic (exact) mass is 645 g/mol. The van der Waals surface area contributed by atoms with Crippen LogP contribution in [0.1, 0.15) is 17.9 Å². The van der Waals surface area contributed by atoms with E-state index < -0.39 is 6.43 Å². The van der Waals surface area contributed by atoms with Crippen molar-refractivity contribution < 1.29 is 13.5 Å². The van der Waals surface area contributed by atoms with Gasteiger partial charge < -0.3 is 15.4 Å². The zero-order valence-corrected chi connectivity index (χ0v) is 23.1. The molecular formula is C24H19F2IN9OP. The van der Waals surface area contributed by atoms with Crippen molar-refractivity contribution in [3.05, 3.63) is 66.2 Å². The maximum atomic E-state index is 13.9. The minimum atomic E-state index is -2.79. The van der Waals surface area contributed by atoms with Crippen LogP contribution in [0.5, 0.6) is 5.75 Å². The first-order valence-electron chi connectivity index (χ1n) is 11.1. The molecule has 0 saturated carbocycles. The molecule has 192 valence electrons. The molecule has 14 heteroatoms. The van der Waals surface area contributed by atoms with Gasteiger partial charge in [-0.2, -0.15) is 10.4 Å². The number of nitriles is 1. The molecule has 0 bridgehead atoms. The average molecular weight is 645 g/mol. The van der Waals surface area contributed by atoms with E-state index in [1.807, 2.05) is 65.6 Å². The minimum Gasteiger partial charge on any atom is -0.494 e. The number of benzene rings is 1. The fourth-order valence-corrected chi connectivity index (χ4v) is 5.81. The van der Waals surface area contributed by atoms with Crippen molar-refractivity contribution >= 4 is 62.6 Å². The van der Waals surface area contributed by atoms with Crippen LogP contribution in [0.3, 0.4) is 0 Å². The molecule has 1 aromatic carbocycles. The molecule has 4 aromatic heterocycles. The van der Waals surface area contributed by atoms with Gasteiger partial charge in [0.2, 0.25) is 0 Å². The van der Waals surface area contributed by atoms with Gasteiger partial charge in [0.1, 0.15) is 28.9 Å². The first kappa shape index (κ1) is 25.7. The fraction of sp³-hybridized carbons (Fsp3) is 0.125. The predicted molar refractivity (Wildman–Crippen MR) is 151 cm³/mol. The van der Waals surface area contributed by atoms with Crippen molar-refractivity contribution in [2.45, 2.75) is 6.43 Å². The highest BCUT2D eigenvalue weighted by molar-refractivity contribution is 14.2. The summed E-state index contributed by atoms with van der Waals surface area (Å²) in [4.78, 5) is 13.0. The molecule has 0 amide bonds. The van der Waals surface area contributed by atoms with Crippen molar-refractivity contribution in [1.82, 2.24) is 29.1 Å². The Hall–Kier alpha value is -3.89. The van der Waals surface area contributed by atoms with E-state index in [1.165, 1.54) is 4.34 Å². The van der Waals surface area contributed by atoms with Crippen LogP contribution in [-0.4, -0.2) is 36.2 Å². The maximum Gasteiger partial charge on any atom is 0.295 e. The van der Waals surface area contributed by atoms with E-state index in [0.717, 1.165) is 5.56 Å². The normalized spacial score (nSPS) is 11.4. The van der Waals surface area contributed by atoms with Crippen molar-refractivity contribution in [2.24, 2.45) is 7.05 Å². The second-order valence-electron chi connectivity index (χ2n) is 7.95. The van der Waals surface area contributed by atoms with Crippen molar-refractivity contribution in [3.8, 4) is 23.1 Å². The molecular weight excluding hydrogens is 626 g/mol. The van der Waals surface area contributed by atoms with Crippen LogP contribution < -0.4 is 15.4 Å². The van der Waals surface area contributed by atoms with E-state index in [4.69, 9.17) is 4.74 Å². The van der Waals surface area contributed by atoms with Crippen LogP contribution in [0.15, 0.2) is 54.7 Å². The fourth-order valence-electron chi connectivity index (χ4n) is 3.91. The van der Waals surface area contributed by atoms with Gasteiger partial charge in [0.25, 0.3) is 6.43 Å². The van der Waals surface area contributed by atoms with Gasteiger partial charge in [0.05, 0.1) is 30.6 Å². The molecule has 5 rings (SSSR count). The summed E-state index contributed by atoms with van der Waals surface area (Å²) in [6, 6.07) is 16.0. The van der Waals surface area contributed by atoms with Crippen molar-refractivity contribution in [2.75, 3.05) is 17.7 Å². The Kier molecular flexibility index (Phi) is 7.35. The third-order valence-electron chi connectivity index (χ3n) is 5.52. The lowest BCUT2D eigenvalue weighted by molar-refractivity contribution is 0.140. The summed E-state index contributed by atoms with van der Waals surface area (Å²) < 4.78 is 36.6. The molecule has 0 fully saturated rings. The highest BCUT2D eigenvalue weighted by Gasteiger charge is 2.23. The number of ether oxygens (including phenoxy) is 1. The number of hydrogen-bond acceptors (Lipinski definition) is 8. The number of fused-ring (bicyclic) bond motifs is 1. The molecule has 0 spiro atoms. The van der Waals surface area contributed by atoms with Crippen LogP contribution in [0, 0.1) is 11.3 Å². The SMILES string of the molecule is COc1c(Nc2cc(Nc3cccc(C#N)n3)nc3c2nc(C(F)F)n3PI)cccc1-c1ccn(C)n1. The standard InChI is InChI=1S/C24H19F2IN9OP/c1-35-10-9-15(34-35)14-6-4-7-16(21(14)37-2)30-17-11-19(31-18-8-3-5-13(12-28)29-18)32-23-20(17)33-24(22(25)26)36(23)38-27/h3-11,22,38H,1-2H3,(H2,29,30,31,32). The highest BCUT2D eigenvalue weighted by Crippen LogP contribution is 2.41. The Morgan fingerprint density at radius 3 is 2.55 bits per heavy atom.